The zero-order valence-corrected chi connectivity index (χ0v) is 11.9. The number of nitrogens with zero attached hydrogens (tertiary/aromatic N) is 1. The van der Waals surface area contributed by atoms with Crippen LogP contribution in [0.5, 0.6) is 0 Å². The predicted molar refractivity (Wildman–Crippen MR) is 71.5 cm³/mol. The zero-order valence-electron chi connectivity index (χ0n) is 11.9. The van der Waals surface area contributed by atoms with Gasteiger partial charge in [0.2, 0.25) is 0 Å². The number of carboxylic acids is 1. The van der Waals surface area contributed by atoms with Crippen LogP contribution in [0.1, 0.15) is 54.4 Å². The summed E-state index contributed by atoms with van der Waals surface area (Å²) >= 11 is 0. The van der Waals surface area contributed by atoms with Crippen LogP contribution in [0.3, 0.4) is 0 Å². The average molecular weight is 267 g/mol. The molecule has 1 amide bonds. The molecule has 1 heterocycles. The van der Waals surface area contributed by atoms with E-state index in [0.717, 1.165) is 0 Å². The summed E-state index contributed by atoms with van der Waals surface area (Å²) in [6.07, 6.45) is 0.450. The van der Waals surface area contributed by atoms with Gasteiger partial charge in [0.05, 0.1) is 0 Å². The number of aryl methyl sites for hydroxylation is 1. The van der Waals surface area contributed by atoms with Crippen LogP contribution in [0.15, 0.2) is 10.5 Å². The zero-order chi connectivity index (χ0) is 14.6. The van der Waals surface area contributed by atoms with Crippen LogP contribution in [-0.2, 0) is 6.42 Å². The molecule has 0 saturated heterocycles. The monoisotopic (exact) mass is 267 g/mol. The van der Waals surface area contributed by atoms with E-state index in [1.807, 2.05) is 20.8 Å². The highest BCUT2D eigenvalue weighted by Crippen LogP contribution is 2.18. The molecule has 1 aromatic heterocycles. The van der Waals surface area contributed by atoms with Gasteiger partial charge in [-0.05, 0) is 12.8 Å². The van der Waals surface area contributed by atoms with Crippen LogP contribution in [0, 0.1) is 5.92 Å². The molecule has 0 radical (unpaired) electrons. The van der Waals surface area contributed by atoms with Gasteiger partial charge in [0, 0.05) is 25.6 Å². The first kappa shape index (κ1) is 15.3. The van der Waals surface area contributed by atoms with Gasteiger partial charge >= 0.3 is 5.97 Å². The SMILES string of the molecule is CCc1oc(C(=O)N(CC)CC(C)C)cc1C(=O)O. The summed E-state index contributed by atoms with van der Waals surface area (Å²) in [5.74, 6) is -0.512. The topological polar surface area (TPSA) is 70.8 Å². The highest BCUT2D eigenvalue weighted by atomic mass is 16.4. The molecule has 0 fully saturated rings. The maximum Gasteiger partial charge on any atom is 0.339 e. The molecule has 0 aliphatic heterocycles. The fourth-order valence-corrected chi connectivity index (χ4v) is 1.93. The fourth-order valence-electron chi connectivity index (χ4n) is 1.93. The van der Waals surface area contributed by atoms with Crippen molar-refractivity contribution in [3.05, 3.63) is 23.2 Å². The summed E-state index contributed by atoms with van der Waals surface area (Å²) in [4.78, 5) is 25.0. The summed E-state index contributed by atoms with van der Waals surface area (Å²) < 4.78 is 5.38. The summed E-state index contributed by atoms with van der Waals surface area (Å²) in [5, 5.41) is 9.05. The summed E-state index contributed by atoms with van der Waals surface area (Å²) in [7, 11) is 0. The minimum Gasteiger partial charge on any atom is -0.478 e. The molecule has 0 aliphatic carbocycles. The third-order valence-corrected chi connectivity index (χ3v) is 2.83. The molecule has 0 bridgehead atoms. The maximum atomic E-state index is 12.3. The van der Waals surface area contributed by atoms with Crippen LogP contribution in [-0.4, -0.2) is 35.0 Å². The third kappa shape index (κ3) is 3.59. The molecule has 0 aromatic carbocycles. The van der Waals surface area contributed by atoms with Gasteiger partial charge in [-0.1, -0.05) is 20.8 Å². The van der Waals surface area contributed by atoms with E-state index in [-0.39, 0.29) is 17.2 Å². The molecule has 1 rings (SSSR count). The Labute approximate surface area is 113 Å². The Bertz CT molecular complexity index is 462. The highest BCUT2D eigenvalue weighted by molar-refractivity contribution is 5.96. The minimum atomic E-state index is -1.06. The average Bonchev–Trinajstić information content (AvgIpc) is 2.79. The Morgan fingerprint density at radius 3 is 2.37 bits per heavy atom. The van der Waals surface area contributed by atoms with Crippen LogP contribution in [0.4, 0.5) is 0 Å². The van der Waals surface area contributed by atoms with Gasteiger partial charge in [-0.3, -0.25) is 4.79 Å². The number of carboxylic acid groups (broad SMARTS) is 1. The standard InChI is InChI=1S/C14H21NO4/c1-5-11-10(14(17)18)7-12(19-11)13(16)15(6-2)8-9(3)4/h7,9H,5-6,8H2,1-4H3,(H,17,18). The Kier molecular flexibility index (Phi) is 5.15. The maximum absolute atomic E-state index is 12.3. The smallest absolute Gasteiger partial charge is 0.339 e. The predicted octanol–water partition coefficient (Wildman–Crippen LogP) is 2.66. The minimum absolute atomic E-state index is 0.0754. The van der Waals surface area contributed by atoms with Gasteiger partial charge in [0.1, 0.15) is 11.3 Å². The quantitative estimate of drug-likeness (QED) is 0.860. The van der Waals surface area contributed by atoms with E-state index in [2.05, 4.69) is 0 Å². The van der Waals surface area contributed by atoms with Crippen LogP contribution >= 0.6 is 0 Å². The molecule has 106 valence electrons. The van der Waals surface area contributed by atoms with Crippen molar-refractivity contribution in [2.45, 2.75) is 34.1 Å². The van der Waals surface area contributed by atoms with E-state index in [0.29, 0.717) is 31.2 Å². The first-order valence-corrected chi connectivity index (χ1v) is 6.55. The van der Waals surface area contributed by atoms with E-state index >= 15 is 0 Å². The first-order chi connectivity index (χ1) is 8.90. The molecule has 5 nitrogen and oxygen atoms in total. The highest BCUT2D eigenvalue weighted by Gasteiger charge is 2.23. The number of furan rings is 1. The normalized spacial score (nSPS) is 10.8. The molecular formula is C14H21NO4. The van der Waals surface area contributed by atoms with Crippen molar-refractivity contribution in [3.63, 3.8) is 0 Å². The Balaban J connectivity index is 3.01. The van der Waals surface area contributed by atoms with Crippen LogP contribution in [0.2, 0.25) is 0 Å². The number of aromatic carboxylic acids is 1. The number of hydrogen-bond acceptors (Lipinski definition) is 3. The van der Waals surface area contributed by atoms with Gasteiger partial charge in [-0.25, -0.2) is 4.79 Å². The number of hydrogen-bond donors (Lipinski definition) is 1. The molecule has 0 aliphatic rings. The molecule has 1 N–H and O–H groups in total. The van der Waals surface area contributed by atoms with E-state index in [9.17, 15) is 9.59 Å². The first-order valence-electron chi connectivity index (χ1n) is 6.55. The molecule has 0 spiro atoms. The number of rotatable bonds is 6. The van der Waals surface area contributed by atoms with E-state index in [4.69, 9.17) is 9.52 Å². The van der Waals surface area contributed by atoms with Crippen molar-refractivity contribution in [2.24, 2.45) is 5.92 Å². The molecule has 19 heavy (non-hydrogen) atoms. The van der Waals surface area contributed by atoms with Gasteiger partial charge in [-0.15, -0.1) is 0 Å². The third-order valence-electron chi connectivity index (χ3n) is 2.83. The van der Waals surface area contributed by atoms with Gasteiger partial charge < -0.3 is 14.4 Å². The Hall–Kier alpha value is -1.78. The molecular weight excluding hydrogens is 246 g/mol. The van der Waals surface area contributed by atoms with E-state index in [1.165, 1.54) is 6.07 Å². The van der Waals surface area contributed by atoms with Crippen molar-refractivity contribution in [3.8, 4) is 0 Å². The Morgan fingerprint density at radius 2 is 2.00 bits per heavy atom. The number of carbonyl (C=O) groups is 2. The lowest BCUT2D eigenvalue weighted by Crippen LogP contribution is -2.33. The van der Waals surface area contributed by atoms with Gasteiger partial charge in [0.15, 0.2) is 5.76 Å². The largest absolute Gasteiger partial charge is 0.478 e. The summed E-state index contributed by atoms with van der Waals surface area (Å²) in [5.41, 5.74) is 0.0754. The van der Waals surface area contributed by atoms with E-state index in [1.54, 1.807) is 11.8 Å². The summed E-state index contributed by atoms with van der Waals surface area (Å²) in [6.45, 7) is 8.94. The molecule has 0 unspecified atom stereocenters. The second-order valence-electron chi connectivity index (χ2n) is 4.84. The van der Waals surface area contributed by atoms with Crippen molar-refractivity contribution in [2.75, 3.05) is 13.1 Å². The van der Waals surface area contributed by atoms with Crippen molar-refractivity contribution in [1.82, 2.24) is 4.90 Å². The molecule has 1 aromatic rings. The second-order valence-corrected chi connectivity index (χ2v) is 4.84. The molecule has 5 heteroatoms. The van der Waals surface area contributed by atoms with Gasteiger partial charge in [-0.2, -0.15) is 0 Å². The molecule has 0 atom stereocenters. The lowest BCUT2D eigenvalue weighted by atomic mass is 10.2. The number of carbonyl (C=O) groups excluding carboxylic acids is 1. The van der Waals surface area contributed by atoms with Crippen LogP contribution < -0.4 is 0 Å². The lowest BCUT2D eigenvalue weighted by molar-refractivity contribution is 0.0690. The lowest BCUT2D eigenvalue weighted by Gasteiger charge is -2.21. The fraction of sp³-hybridized carbons (Fsp3) is 0.571. The molecule has 0 saturated carbocycles. The number of amides is 1. The van der Waals surface area contributed by atoms with Crippen molar-refractivity contribution < 1.29 is 19.1 Å². The second kappa shape index (κ2) is 6.41. The van der Waals surface area contributed by atoms with Crippen molar-refractivity contribution in [1.29, 1.82) is 0 Å². The van der Waals surface area contributed by atoms with E-state index < -0.39 is 5.97 Å². The van der Waals surface area contributed by atoms with Crippen molar-refractivity contribution >= 4 is 11.9 Å². The Morgan fingerprint density at radius 1 is 1.37 bits per heavy atom. The van der Waals surface area contributed by atoms with Crippen LogP contribution in [0.25, 0.3) is 0 Å². The van der Waals surface area contributed by atoms with Gasteiger partial charge in [0.25, 0.3) is 5.91 Å². The summed E-state index contributed by atoms with van der Waals surface area (Å²) in [6, 6.07) is 1.33.